The summed E-state index contributed by atoms with van der Waals surface area (Å²) in [6.45, 7) is 3.91. The Kier molecular flexibility index (Phi) is 5.38. The van der Waals surface area contributed by atoms with Crippen molar-refractivity contribution < 1.29 is 33.3 Å². The smallest absolute Gasteiger partial charge is 0.306 e. The van der Waals surface area contributed by atoms with Gasteiger partial charge < -0.3 is 29.0 Å². The lowest BCUT2D eigenvalue weighted by Gasteiger charge is -2.23. The molecule has 8 nitrogen and oxygen atoms in total. The van der Waals surface area contributed by atoms with E-state index in [1.807, 2.05) is 13.8 Å². The highest BCUT2D eigenvalue weighted by molar-refractivity contribution is 5.81. The van der Waals surface area contributed by atoms with Crippen molar-refractivity contribution in [2.75, 3.05) is 20.8 Å². The normalized spacial score (nSPS) is 32.5. The second-order valence-corrected chi connectivity index (χ2v) is 5.72. The van der Waals surface area contributed by atoms with Crippen LogP contribution in [0.15, 0.2) is 0 Å². The first kappa shape index (κ1) is 17.1. The number of nitrogens with one attached hydrogen (secondary N) is 1. The number of hydrogen-bond donors (Lipinski definition) is 1. The third-order valence-corrected chi connectivity index (χ3v) is 3.62. The van der Waals surface area contributed by atoms with Crippen LogP contribution in [0.4, 0.5) is 0 Å². The zero-order valence-electron chi connectivity index (χ0n) is 13.3. The molecule has 0 aliphatic carbocycles. The minimum Gasteiger partial charge on any atom is -0.469 e. The molecule has 0 radical (unpaired) electrons. The van der Waals surface area contributed by atoms with E-state index in [2.05, 4.69) is 10.1 Å². The van der Waals surface area contributed by atoms with Gasteiger partial charge in [-0.1, -0.05) is 0 Å². The third-order valence-electron chi connectivity index (χ3n) is 3.62. The maximum Gasteiger partial charge on any atom is 0.306 e. The second-order valence-electron chi connectivity index (χ2n) is 5.72. The van der Waals surface area contributed by atoms with Crippen LogP contribution in [-0.4, -0.2) is 63.0 Å². The molecule has 0 spiro atoms. The second kappa shape index (κ2) is 6.91. The van der Waals surface area contributed by atoms with E-state index in [1.54, 1.807) is 0 Å². The molecule has 126 valence electrons. The van der Waals surface area contributed by atoms with Crippen molar-refractivity contribution in [2.45, 2.75) is 57.1 Å². The molecule has 1 amide bonds. The Labute approximate surface area is 129 Å². The van der Waals surface area contributed by atoms with Crippen molar-refractivity contribution in [1.29, 1.82) is 0 Å². The Balaban J connectivity index is 1.82. The van der Waals surface area contributed by atoms with Gasteiger partial charge in [0.15, 0.2) is 12.1 Å². The predicted octanol–water partition coefficient (Wildman–Crippen LogP) is -0.0528. The molecule has 2 rings (SSSR count). The summed E-state index contributed by atoms with van der Waals surface area (Å²) in [7, 11) is 2.82. The van der Waals surface area contributed by atoms with Gasteiger partial charge in [0.2, 0.25) is 5.91 Å². The maximum atomic E-state index is 11.7. The van der Waals surface area contributed by atoms with Gasteiger partial charge in [-0.25, -0.2) is 0 Å². The third kappa shape index (κ3) is 3.95. The monoisotopic (exact) mass is 317 g/mol. The van der Waals surface area contributed by atoms with Crippen LogP contribution < -0.4 is 5.32 Å². The summed E-state index contributed by atoms with van der Waals surface area (Å²) in [5, 5.41) is 2.73. The maximum absolute atomic E-state index is 11.7. The van der Waals surface area contributed by atoms with Crippen LogP contribution in [0, 0.1) is 0 Å². The highest BCUT2D eigenvalue weighted by Crippen LogP contribution is 2.38. The summed E-state index contributed by atoms with van der Waals surface area (Å²) in [5.74, 6) is -1.37. The average molecular weight is 317 g/mol. The van der Waals surface area contributed by atoms with E-state index in [0.717, 1.165) is 0 Å². The van der Waals surface area contributed by atoms with Gasteiger partial charge in [0.05, 0.1) is 13.5 Å². The Morgan fingerprint density at radius 3 is 2.45 bits per heavy atom. The Hall–Kier alpha value is -1.22. The summed E-state index contributed by atoms with van der Waals surface area (Å²) < 4.78 is 27.0. The topological polar surface area (TPSA) is 92.3 Å². The fourth-order valence-electron chi connectivity index (χ4n) is 2.62. The van der Waals surface area contributed by atoms with E-state index in [-0.39, 0.29) is 43.6 Å². The summed E-state index contributed by atoms with van der Waals surface area (Å²) in [4.78, 5) is 22.7. The summed E-state index contributed by atoms with van der Waals surface area (Å²) in [5.41, 5.74) is 0. The largest absolute Gasteiger partial charge is 0.469 e. The lowest BCUT2D eigenvalue weighted by atomic mass is 10.1. The number of ether oxygens (including phenoxy) is 5. The molecule has 2 heterocycles. The number of hydrogen-bond acceptors (Lipinski definition) is 7. The number of methoxy groups -OCH3 is 2. The van der Waals surface area contributed by atoms with E-state index in [0.29, 0.717) is 0 Å². The van der Waals surface area contributed by atoms with Crippen LogP contribution in [0.25, 0.3) is 0 Å². The molecule has 0 aromatic heterocycles. The number of carbonyl (C=O) groups is 2. The van der Waals surface area contributed by atoms with Crippen LogP contribution in [0.5, 0.6) is 0 Å². The van der Waals surface area contributed by atoms with Crippen LogP contribution >= 0.6 is 0 Å². The number of fused-ring (bicyclic) bond motifs is 1. The molecule has 2 fully saturated rings. The lowest BCUT2D eigenvalue weighted by Crippen LogP contribution is -2.39. The lowest BCUT2D eigenvalue weighted by molar-refractivity contribution is -0.226. The average Bonchev–Trinajstić information content (AvgIpc) is 2.95. The number of amides is 1. The molecule has 2 aliphatic heterocycles. The van der Waals surface area contributed by atoms with Crippen molar-refractivity contribution in [1.82, 2.24) is 5.32 Å². The molecule has 0 aromatic rings. The van der Waals surface area contributed by atoms with Gasteiger partial charge in [-0.15, -0.1) is 0 Å². The van der Waals surface area contributed by atoms with Crippen molar-refractivity contribution >= 4 is 11.9 Å². The molecular formula is C14H23NO7. The summed E-state index contributed by atoms with van der Waals surface area (Å²) in [6.07, 6.45) is -1.39. The standard InChI is InChI=1S/C14H23NO7/c1-14(2)21-11-8(20-13(19-4)12(11)22-14)7-15-9(16)5-6-10(17)18-3/h8,11-13H,5-7H2,1-4H3,(H,15,16)/t8-,11-,12-,13?/m1/s1. The Bertz CT molecular complexity index is 425. The highest BCUT2D eigenvalue weighted by Gasteiger charge is 2.55. The Morgan fingerprint density at radius 2 is 1.82 bits per heavy atom. The van der Waals surface area contributed by atoms with Gasteiger partial charge >= 0.3 is 5.97 Å². The van der Waals surface area contributed by atoms with Gasteiger partial charge in [-0.2, -0.15) is 0 Å². The summed E-state index contributed by atoms with van der Waals surface area (Å²) >= 11 is 0. The first-order valence-electron chi connectivity index (χ1n) is 7.23. The first-order chi connectivity index (χ1) is 10.4. The first-order valence-corrected chi connectivity index (χ1v) is 7.23. The molecule has 1 N–H and O–H groups in total. The zero-order valence-corrected chi connectivity index (χ0v) is 13.3. The van der Waals surface area contributed by atoms with Crippen LogP contribution in [0.1, 0.15) is 26.7 Å². The molecule has 1 unspecified atom stereocenters. The van der Waals surface area contributed by atoms with Crippen LogP contribution in [0.3, 0.4) is 0 Å². The van der Waals surface area contributed by atoms with Crippen molar-refractivity contribution in [3.8, 4) is 0 Å². The predicted molar refractivity (Wildman–Crippen MR) is 73.8 cm³/mol. The van der Waals surface area contributed by atoms with E-state index in [9.17, 15) is 9.59 Å². The fraction of sp³-hybridized carbons (Fsp3) is 0.857. The molecule has 0 bridgehead atoms. The fourth-order valence-corrected chi connectivity index (χ4v) is 2.62. The van der Waals surface area contributed by atoms with E-state index in [1.165, 1.54) is 14.2 Å². The van der Waals surface area contributed by atoms with E-state index < -0.39 is 18.0 Å². The summed E-state index contributed by atoms with van der Waals surface area (Å²) in [6, 6.07) is 0. The molecule has 0 saturated carbocycles. The molecule has 2 saturated heterocycles. The van der Waals surface area contributed by atoms with Gasteiger partial charge in [0, 0.05) is 20.1 Å². The minimum atomic E-state index is -0.705. The molecule has 0 aromatic carbocycles. The van der Waals surface area contributed by atoms with E-state index >= 15 is 0 Å². The minimum absolute atomic E-state index is 0.0489. The molecule has 8 heteroatoms. The molecule has 22 heavy (non-hydrogen) atoms. The number of carbonyl (C=O) groups excluding carboxylic acids is 2. The quantitative estimate of drug-likeness (QED) is 0.686. The SMILES string of the molecule is COC(=O)CCC(=O)NC[C@H]1OC(OC)[C@@H]2OC(C)(C)O[C@H]12. The van der Waals surface area contributed by atoms with Gasteiger partial charge in [0.1, 0.15) is 18.3 Å². The van der Waals surface area contributed by atoms with Gasteiger partial charge in [-0.05, 0) is 13.8 Å². The van der Waals surface area contributed by atoms with E-state index in [4.69, 9.17) is 18.9 Å². The Morgan fingerprint density at radius 1 is 1.14 bits per heavy atom. The van der Waals surface area contributed by atoms with Crippen molar-refractivity contribution in [2.24, 2.45) is 0 Å². The molecule has 4 atom stereocenters. The van der Waals surface area contributed by atoms with Crippen LogP contribution in [-0.2, 0) is 33.3 Å². The molecule has 2 aliphatic rings. The van der Waals surface area contributed by atoms with Crippen molar-refractivity contribution in [3.63, 3.8) is 0 Å². The molecular weight excluding hydrogens is 294 g/mol. The van der Waals surface area contributed by atoms with Gasteiger partial charge in [0.25, 0.3) is 0 Å². The zero-order chi connectivity index (χ0) is 16.3. The van der Waals surface area contributed by atoms with Crippen LogP contribution in [0.2, 0.25) is 0 Å². The van der Waals surface area contributed by atoms with Crippen molar-refractivity contribution in [3.05, 3.63) is 0 Å². The van der Waals surface area contributed by atoms with Gasteiger partial charge in [-0.3, -0.25) is 9.59 Å². The number of esters is 1. The highest BCUT2D eigenvalue weighted by atomic mass is 16.8. The number of rotatable bonds is 6.